The van der Waals surface area contributed by atoms with Crippen molar-refractivity contribution in [1.29, 1.82) is 0 Å². The molecule has 0 unspecified atom stereocenters. The lowest BCUT2D eigenvalue weighted by Crippen LogP contribution is -2.47. The molecule has 6 nitrogen and oxygen atoms in total. The Hall–Kier alpha value is -4.03. The first-order valence-corrected chi connectivity index (χ1v) is 12.5. The van der Waals surface area contributed by atoms with Crippen molar-refractivity contribution >= 4 is 22.7 Å². The highest BCUT2D eigenvalue weighted by atomic mass is 16.2. The molecule has 1 atom stereocenters. The molecule has 6 heteroatoms. The van der Waals surface area contributed by atoms with Crippen LogP contribution in [0.25, 0.3) is 22.2 Å². The fraction of sp³-hybridized carbons (Fsp3) is 0.233. The molecule has 0 bridgehead atoms. The van der Waals surface area contributed by atoms with Crippen molar-refractivity contribution in [1.82, 2.24) is 20.5 Å². The Morgan fingerprint density at radius 1 is 1.00 bits per heavy atom. The van der Waals surface area contributed by atoms with E-state index >= 15 is 0 Å². The summed E-state index contributed by atoms with van der Waals surface area (Å²) in [6, 6.07) is 27.7. The van der Waals surface area contributed by atoms with E-state index in [4.69, 9.17) is 4.98 Å². The molecule has 1 saturated heterocycles. The fourth-order valence-electron chi connectivity index (χ4n) is 4.89. The molecule has 0 saturated carbocycles. The van der Waals surface area contributed by atoms with Crippen molar-refractivity contribution in [2.75, 3.05) is 19.6 Å². The van der Waals surface area contributed by atoms with Gasteiger partial charge in [-0.15, -0.1) is 0 Å². The SMILES string of the molecule is CC[C@H](NC(=O)c1c(CN2CCNC(=O)C2)c(-c2ccccc2)nc2ccccc12)c1ccccc1. The average Bonchev–Trinajstić information content (AvgIpc) is 2.92. The van der Waals surface area contributed by atoms with Gasteiger partial charge in [0.1, 0.15) is 0 Å². The second kappa shape index (κ2) is 10.7. The molecule has 1 fully saturated rings. The van der Waals surface area contributed by atoms with E-state index in [1.807, 2.05) is 84.9 Å². The Morgan fingerprint density at radius 2 is 1.69 bits per heavy atom. The van der Waals surface area contributed by atoms with E-state index < -0.39 is 0 Å². The van der Waals surface area contributed by atoms with E-state index in [0.29, 0.717) is 25.2 Å². The molecular formula is C30H30N4O2. The van der Waals surface area contributed by atoms with Crippen molar-refractivity contribution in [2.45, 2.75) is 25.9 Å². The summed E-state index contributed by atoms with van der Waals surface area (Å²) in [4.78, 5) is 33.3. The molecule has 3 aromatic carbocycles. The molecule has 1 aliphatic rings. The van der Waals surface area contributed by atoms with Gasteiger partial charge in [-0.05, 0) is 18.1 Å². The topological polar surface area (TPSA) is 74.3 Å². The zero-order valence-electron chi connectivity index (χ0n) is 20.4. The zero-order valence-corrected chi connectivity index (χ0v) is 20.4. The summed E-state index contributed by atoms with van der Waals surface area (Å²) < 4.78 is 0. The lowest BCUT2D eigenvalue weighted by Gasteiger charge is -2.29. The van der Waals surface area contributed by atoms with E-state index in [9.17, 15) is 9.59 Å². The van der Waals surface area contributed by atoms with Crippen molar-refractivity contribution in [2.24, 2.45) is 0 Å². The molecule has 0 spiro atoms. The van der Waals surface area contributed by atoms with Crippen LogP contribution in [-0.4, -0.2) is 41.3 Å². The molecule has 36 heavy (non-hydrogen) atoms. The number of para-hydroxylation sites is 1. The smallest absolute Gasteiger partial charge is 0.252 e. The van der Waals surface area contributed by atoms with Gasteiger partial charge in [0.2, 0.25) is 5.91 Å². The summed E-state index contributed by atoms with van der Waals surface area (Å²) in [5.74, 6) is -0.129. The highest BCUT2D eigenvalue weighted by Crippen LogP contribution is 2.32. The number of benzene rings is 3. The second-order valence-corrected chi connectivity index (χ2v) is 9.10. The summed E-state index contributed by atoms with van der Waals surface area (Å²) >= 11 is 0. The Kier molecular flexibility index (Phi) is 7.05. The van der Waals surface area contributed by atoms with Gasteiger partial charge in [-0.25, -0.2) is 4.98 Å². The van der Waals surface area contributed by atoms with Crippen LogP contribution in [0.5, 0.6) is 0 Å². The number of amides is 2. The summed E-state index contributed by atoms with van der Waals surface area (Å²) in [7, 11) is 0. The van der Waals surface area contributed by atoms with Crippen molar-refractivity contribution in [3.05, 3.63) is 102 Å². The van der Waals surface area contributed by atoms with Gasteiger partial charge in [-0.3, -0.25) is 14.5 Å². The van der Waals surface area contributed by atoms with E-state index in [-0.39, 0.29) is 17.9 Å². The molecular weight excluding hydrogens is 448 g/mol. The highest BCUT2D eigenvalue weighted by Gasteiger charge is 2.26. The lowest BCUT2D eigenvalue weighted by atomic mass is 9.94. The predicted octanol–water partition coefficient (Wildman–Crippen LogP) is 4.71. The molecule has 4 aromatic rings. The summed E-state index contributed by atoms with van der Waals surface area (Å²) in [6.45, 7) is 4.14. The first-order valence-electron chi connectivity index (χ1n) is 12.5. The monoisotopic (exact) mass is 478 g/mol. The Morgan fingerprint density at radius 3 is 2.42 bits per heavy atom. The Labute approximate surface area is 211 Å². The standard InChI is InChI=1S/C30H30N4O2/c1-2-25(21-11-5-3-6-12-21)33-30(36)28-23-15-9-10-16-26(23)32-29(22-13-7-4-8-14-22)24(28)19-34-18-17-31-27(35)20-34/h3-16,25H,2,17-20H2,1H3,(H,31,35)(H,33,36)/t25-/m0/s1. The molecule has 182 valence electrons. The fourth-order valence-corrected chi connectivity index (χ4v) is 4.89. The van der Waals surface area contributed by atoms with Crippen LogP contribution in [0.15, 0.2) is 84.9 Å². The summed E-state index contributed by atoms with van der Waals surface area (Å²) in [5, 5.41) is 6.99. The maximum absolute atomic E-state index is 14.1. The number of nitrogens with one attached hydrogen (secondary N) is 2. The van der Waals surface area contributed by atoms with Gasteiger partial charge in [-0.2, -0.15) is 0 Å². The molecule has 1 aliphatic heterocycles. The number of piperazine rings is 1. The summed E-state index contributed by atoms with van der Waals surface area (Å²) in [6.07, 6.45) is 0.770. The highest BCUT2D eigenvalue weighted by molar-refractivity contribution is 6.09. The van der Waals surface area contributed by atoms with Crippen LogP contribution in [0.3, 0.4) is 0 Å². The Bertz CT molecular complexity index is 1370. The van der Waals surface area contributed by atoms with Gasteiger partial charge in [0, 0.05) is 36.1 Å². The van der Waals surface area contributed by atoms with E-state index in [0.717, 1.165) is 46.3 Å². The number of hydrogen-bond acceptors (Lipinski definition) is 4. The maximum atomic E-state index is 14.1. The zero-order chi connectivity index (χ0) is 24.9. The normalized spacial score (nSPS) is 14.9. The van der Waals surface area contributed by atoms with Crippen LogP contribution in [0.2, 0.25) is 0 Å². The number of carbonyl (C=O) groups is 2. The average molecular weight is 479 g/mol. The third-order valence-electron chi connectivity index (χ3n) is 6.68. The van der Waals surface area contributed by atoms with Crippen LogP contribution >= 0.6 is 0 Å². The number of hydrogen-bond donors (Lipinski definition) is 2. The van der Waals surface area contributed by atoms with Crippen LogP contribution in [0, 0.1) is 0 Å². The van der Waals surface area contributed by atoms with Gasteiger partial charge in [0.25, 0.3) is 5.91 Å². The minimum absolute atomic E-state index is 0.00242. The molecule has 5 rings (SSSR count). The van der Waals surface area contributed by atoms with Crippen LogP contribution in [-0.2, 0) is 11.3 Å². The molecule has 1 aromatic heterocycles. The molecule has 2 amide bonds. The van der Waals surface area contributed by atoms with Crippen LogP contribution in [0.1, 0.15) is 40.9 Å². The molecule has 2 heterocycles. The quantitative estimate of drug-likeness (QED) is 0.403. The van der Waals surface area contributed by atoms with Crippen LogP contribution < -0.4 is 10.6 Å². The van der Waals surface area contributed by atoms with Crippen molar-refractivity contribution in [3.63, 3.8) is 0 Å². The number of nitrogens with zero attached hydrogens (tertiary/aromatic N) is 2. The lowest BCUT2D eigenvalue weighted by molar-refractivity contribution is -0.124. The van der Waals surface area contributed by atoms with E-state index in [2.05, 4.69) is 22.5 Å². The second-order valence-electron chi connectivity index (χ2n) is 9.10. The number of aromatic nitrogens is 1. The van der Waals surface area contributed by atoms with Gasteiger partial charge in [-0.1, -0.05) is 85.8 Å². The minimum Gasteiger partial charge on any atom is -0.354 e. The van der Waals surface area contributed by atoms with Gasteiger partial charge in [0.05, 0.1) is 29.4 Å². The maximum Gasteiger partial charge on any atom is 0.252 e. The number of carbonyl (C=O) groups excluding carboxylic acids is 2. The third-order valence-corrected chi connectivity index (χ3v) is 6.68. The minimum atomic E-state index is -0.127. The van der Waals surface area contributed by atoms with Crippen LogP contribution in [0.4, 0.5) is 0 Å². The molecule has 0 radical (unpaired) electrons. The number of fused-ring (bicyclic) bond motifs is 1. The first-order chi connectivity index (χ1) is 17.6. The van der Waals surface area contributed by atoms with Gasteiger partial charge < -0.3 is 10.6 Å². The van der Waals surface area contributed by atoms with Gasteiger partial charge in [0.15, 0.2) is 0 Å². The van der Waals surface area contributed by atoms with Crippen molar-refractivity contribution in [3.8, 4) is 11.3 Å². The predicted molar refractivity (Wildman–Crippen MR) is 142 cm³/mol. The first kappa shape index (κ1) is 23.7. The van der Waals surface area contributed by atoms with E-state index in [1.165, 1.54) is 0 Å². The van der Waals surface area contributed by atoms with Gasteiger partial charge >= 0.3 is 0 Å². The number of rotatable bonds is 7. The largest absolute Gasteiger partial charge is 0.354 e. The number of pyridine rings is 1. The van der Waals surface area contributed by atoms with Crippen molar-refractivity contribution < 1.29 is 9.59 Å². The molecule has 2 N–H and O–H groups in total. The molecule has 0 aliphatic carbocycles. The Balaban J connectivity index is 1.65. The van der Waals surface area contributed by atoms with E-state index in [1.54, 1.807) is 0 Å². The third kappa shape index (κ3) is 4.99. The summed E-state index contributed by atoms with van der Waals surface area (Å²) in [5.41, 5.74) is 5.04.